The predicted octanol–water partition coefficient (Wildman–Crippen LogP) is 1.82. The molecule has 0 aromatic heterocycles. The lowest BCUT2D eigenvalue weighted by Crippen LogP contribution is -1.99. The van der Waals surface area contributed by atoms with E-state index in [0.717, 1.165) is 0 Å². The van der Waals surface area contributed by atoms with E-state index in [1.54, 1.807) is 0 Å². The van der Waals surface area contributed by atoms with Gasteiger partial charge in [-0.1, -0.05) is 0 Å². The average Bonchev–Trinajstić information content (AvgIpc) is 2.10. The van der Waals surface area contributed by atoms with Crippen molar-refractivity contribution in [3.05, 3.63) is 17.9 Å². The SMILES string of the molecule is CCOc1cc(OC)c(F)cc1N. The number of hydrogen-bond acceptors (Lipinski definition) is 3. The van der Waals surface area contributed by atoms with Gasteiger partial charge in [-0.25, -0.2) is 4.39 Å². The molecule has 0 radical (unpaired) electrons. The highest BCUT2D eigenvalue weighted by Crippen LogP contribution is 2.29. The summed E-state index contributed by atoms with van der Waals surface area (Å²) >= 11 is 0. The Labute approximate surface area is 76.3 Å². The smallest absolute Gasteiger partial charge is 0.167 e. The molecule has 0 saturated carbocycles. The topological polar surface area (TPSA) is 44.5 Å². The zero-order valence-electron chi connectivity index (χ0n) is 7.63. The third-order valence-electron chi connectivity index (χ3n) is 1.58. The molecule has 0 amide bonds. The van der Waals surface area contributed by atoms with Crippen molar-refractivity contribution in [3.63, 3.8) is 0 Å². The molecule has 0 aliphatic carbocycles. The molecule has 2 N–H and O–H groups in total. The Morgan fingerprint density at radius 3 is 2.62 bits per heavy atom. The first kappa shape index (κ1) is 9.64. The summed E-state index contributed by atoms with van der Waals surface area (Å²) in [7, 11) is 1.39. The molecule has 3 nitrogen and oxygen atoms in total. The van der Waals surface area contributed by atoms with Crippen molar-refractivity contribution >= 4 is 5.69 Å². The first-order valence-corrected chi connectivity index (χ1v) is 3.94. The van der Waals surface area contributed by atoms with Crippen molar-refractivity contribution < 1.29 is 13.9 Å². The molecule has 0 heterocycles. The molecule has 0 bridgehead atoms. The summed E-state index contributed by atoms with van der Waals surface area (Å²) in [5, 5.41) is 0. The summed E-state index contributed by atoms with van der Waals surface area (Å²) in [4.78, 5) is 0. The third-order valence-corrected chi connectivity index (χ3v) is 1.58. The fourth-order valence-electron chi connectivity index (χ4n) is 0.987. The van der Waals surface area contributed by atoms with Gasteiger partial charge in [-0.2, -0.15) is 0 Å². The summed E-state index contributed by atoms with van der Waals surface area (Å²) in [5.41, 5.74) is 5.79. The summed E-state index contributed by atoms with van der Waals surface area (Å²) in [5.74, 6) is 0.0989. The molecule has 1 aromatic carbocycles. The molecular formula is C9H12FNO2. The lowest BCUT2D eigenvalue weighted by molar-refractivity contribution is 0.334. The quantitative estimate of drug-likeness (QED) is 0.730. The van der Waals surface area contributed by atoms with Crippen LogP contribution in [0.15, 0.2) is 12.1 Å². The molecule has 0 fully saturated rings. The number of anilines is 1. The van der Waals surface area contributed by atoms with Gasteiger partial charge in [0.15, 0.2) is 11.6 Å². The monoisotopic (exact) mass is 185 g/mol. The van der Waals surface area contributed by atoms with E-state index >= 15 is 0 Å². The van der Waals surface area contributed by atoms with Crippen LogP contribution in [0.5, 0.6) is 11.5 Å². The summed E-state index contributed by atoms with van der Waals surface area (Å²) in [6.07, 6.45) is 0. The maximum atomic E-state index is 13.0. The minimum absolute atomic E-state index is 0.137. The van der Waals surface area contributed by atoms with Gasteiger partial charge in [0.2, 0.25) is 0 Å². The van der Waals surface area contributed by atoms with Crippen LogP contribution < -0.4 is 15.2 Å². The molecule has 13 heavy (non-hydrogen) atoms. The molecule has 0 atom stereocenters. The Hall–Kier alpha value is -1.45. The standard InChI is InChI=1S/C9H12FNO2/c1-3-13-9-5-8(12-2)6(10)4-7(9)11/h4-5H,3,11H2,1-2H3. The molecule has 0 unspecified atom stereocenters. The molecule has 1 rings (SSSR count). The molecule has 0 saturated heterocycles. The van der Waals surface area contributed by atoms with Gasteiger partial charge in [-0.3, -0.25) is 0 Å². The maximum absolute atomic E-state index is 13.0. The van der Waals surface area contributed by atoms with E-state index in [0.29, 0.717) is 12.4 Å². The largest absolute Gasteiger partial charge is 0.494 e. The highest BCUT2D eigenvalue weighted by molar-refractivity contribution is 5.56. The van der Waals surface area contributed by atoms with E-state index in [2.05, 4.69) is 0 Å². The zero-order chi connectivity index (χ0) is 9.84. The minimum atomic E-state index is -0.483. The Kier molecular flexibility index (Phi) is 2.95. The maximum Gasteiger partial charge on any atom is 0.167 e. The van der Waals surface area contributed by atoms with Crippen molar-refractivity contribution in [2.75, 3.05) is 19.5 Å². The van der Waals surface area contributed by atoms with E-state index in [9.17, 15) is 4.39 Å². The highest BCUT2D eigenvalue weighted by atomic mass is 19.1. The van der Waals surface area contributed by atoms with Gasteiger partial charge in [0, 0.05) is 12.1 Å². The number of halogens is 1. The normalized spacial score (nSPS) is 9.77. The number of nitrogens with two attached hydrogens (primary N) is 1. The van der Waals surface area contributed by atoms with Gasteiger partial charge in [-0.05, 0) is 6.92 Å². The highest BCUT2D eigenvalue weighted by Gasteiger charge is 2.08. The fourth-order valence-corrected chi connectivity index (χ4v) is 0.987. The van der Waals surface area contributed by atoms with Crippen LogP contribution in [0, 0.1) is 5.82 Å². The first-order chi connectivity index (χ1) is 6.19. The molecule has 1 aromatic rings. The van der Waals surface area contributed by atoms with Crippen molar-refractivity contribution in [3.8, 4) is 11.5 Å². The third kappa shape index (κ3) is 2.02. The van der Waals surface area contributed by atoms with E-state index < -0.39 is 5.82 Å². The van der Waals surface area contributed by atoms with Crippen molar-refractivity contribution in [1.29, 1.82) is 0 Å². The molecular weight excluding hydrogens is 173 g/mol. The number of ether oxygens (including phenoxy) is 2. The fraction of sp³-hybridized carbons (Fsp3) is 0.333. The van der Waals surface area contributed by atoms with Gasteiger partial charge in [0.25, 0.3) is 0 Å². The van der Waals surface area contributed by atoms with Crippen LogP contribution in [0.1, 0.15) is 6.92 Å². The Morgan fingerprint density at radius 2 is 2.08 bits per heavy atom. The number of benzene rings is 1. The second kappa shape index (κ2) is 3.98. The summed E-state index contributed by atoms with van der Waals surface area (Å²) in [6.45, 7) is 2.31. The van der Waals surface area contributed by atoms with E-state index in [4.69, 9.17) is 15.2 Å². The Morgan fingerprint density at radius 1 is 1.38 bits per heavy atom. The Balaban J connectivity index is 3.06. The van der Waals surface area contributed by atoms with Crippen LogP contribution in [-0.2, 0) is 0 Å². The van der Waals surface area contributed by atoms with Crippen LogP contribution in [0.4, 0.5) is 10.1 Å². The second-order valence-electron chi connectivity index (χ2n) is 2.46. The molecule has 0 aliphatic rings. The summed E-state index contributed by atoms with van der Waals surface area (Å²) in [6, 6.07) is 2.62. The van der Waals surface area contributed by atoms with Gasteiger partial charge in [0.1, 0.15) is 5.75 Å². The molecule has 0 aliphatic heterocycles. The van der Waals surface area contributed by atoms with Crippen LogP contribution in [0.2, 0.25) is 0 Å². The zero-order valence-corrected chi connectivity index (χ0v) is 7.63. The van der Waals surface area contributed by atoms with Gasteiger partial charge < -0.3 is 15.2 Å². The van der Waals surface area contributed by atoms with Crippen LogP contribution in [0.3, 0.4) is 0 Å². The second-order valence-corrected chi connectivity index (χ2v) is 2.46. The van der Waals surface area contributed by atoms with E-state index in [1.807, 2.05) is 6.92 Å². The first-order valence-electron chi connectivity index (χ1n) is 3.94. The minimum Gasteiger partial charge on any atom is -0.494 e. The van der Waals surface area contributed by atoms with E-state index in [-0.39, 0.29) is 11.4 Å². The number of hydrogen-bond donors (Lipinski definition) is 1. The molecule has 72 valence electrons. The van der Waals surface area contributed by atoms with Gasteiger partial charge in [-0.15, -0.1) is 0 Å². The van der Waals surface area contributed by atoms with Crippen LogP contribution in [0.25, 0.3) is 0 Å². The average molecular weight is 185 g/mol. The number of methoxy groups -OCH3 is 1. The van der Waals surface area contributed by atoms with Crippen molar-refractivity contribution in [2.45, 2.75) is 6.92 Å². The van der Waals surface area contributed by atoms with Gasteiger partial charge >= 0.3 is 0 Å². The summed E-state index contributed by atoms with van der Waals surface area (Å²) < 4.78 is 22.9. The lowest BCUT2D eigenvalue weighted by atomic mass is 10.2. The van der Waals surface area contributed by atoms with Gasteiger partial charge in [0.05, 0.1) is 19.4 Å². The van der Waals surface area contributed by atoms with Crippen LogP contribution in [-0.4, -0.2) is 13.7 Å². The predicted molar refractivity (Wildman–Crippen MR) is 48.5 cm³/mol. The van der Waals surface area contributed by atoms with Crippen molar-refractivity contribution in [2.24, 2.45) is 0 Å². The van der Waals surface area contributed by atoms with Crippen LogP contribution >= 0.6 is 0 Å². The molecule has 0 spiro atoms. The van der Waals surface area contributed by atoms with E-state index in [1.165, 1.54) is 19.2 Å². The van der Waals surface area contributed by atoms with Crippen molar-refractivity contribution in [1.82, 2.24) is 0 Å². The number of rotatable bonds is 3. The Bertz CT molecular complexity index is 302. The number of nitrogen functional groups attached to an aromatic ring is 1. The lowest BCUT2D eigenvalue weighted by Gasteiger charge is -2.09. The molecule has 4 heteroatoms.